The van der Waals surface area contributed by atoms with E-state index in [2.05, 4.69) is 88.1 Å². The van der Waals surface area contributed by atoms with Crippen molar-refractivity contribution in [3.05, 3.63) is 66.2 Å². The molecule has 152 valence electrons. The fraction of sp³-hybridized carbons (Fsp3) is 0.435. The van der Waals surface area contributed by atoms with Gasteiger partial charge in [-0.1, -0.05) is 48.5 Å². The van der Waals surface area contributed by atoms with E-state index < -0.39 is 0 Å². The van der Waals surface area contributed by atoms with Gasteiger partial charge in [0.05, 0.1) is 0 Å². The number of benzene rings is 2. The Bertz CT molecular complexity index is 705. The SMILES string of the molecule is CN=C(NCC1CCN(c2ccccc2)C1)NC(C)CCc1ccccc1.I. The molecule has 4 nitrogen and oxygen atoms in total. The number of hydrogen-bond donors (Lipinski definition) is 2. The second-order valence-corrected chi connectivity index (χ2v) is 7.46. The largest absolute Gasteiger partial charge is 0.371 e. The topological polar surface area (TPSA) is 39.7 Å². The van der Waals surface area contributed by atoms with Crippen molar-refractivity contribution in [2.24, 2.45) is 10.9 Å². The highest BCUT2D eigenvalue weighted by molar-refractivity contribution is 14.0. The lowest BCUT2D eigenvalue weighted by atomic mass is 10.1. The molecule has 0 aliphatic carbocycles. The maximum Gasteiger partial charge on any atom is 0.191 e. The second-order valence-electron chi connectivity index (χ2n) is 7.46. The lowest BCUT2D eigenvalue weighted by molar-refractivity contribution is 0.548. The van der Waals surface area contributed by atoms with Gasteiger partial charge in [0.2, 0.25) is 0 Å². The minimum atomic E-state index is 0. The van der Waals surface area contributed by atoms with Crippen LogP contribution >= 0.6 is 24.0 Å². The third kappa shape index (κ3) is 7.00. The summed E-state index contributed by atoms with van der Waals surface area (Å²) in [5.41, 5.74) is 2.72. The van der Waals surface area contributed by atoms with E-state index in [0.29, 0.717) is 12.0 Å². The summed E-state index contributed by atoms with van der Waals surface area (Å²) in [7, 11) is 1.85. The molecule has 1 heterocycles. The molecule has 0 spiro atoms. The van der Waals surface area contributed by atoms with Crippen LogP contribution in [0.1, 0.15) is 25.3 Å². The number of aliphatic imine (C=N–C) groups is 1. The Kier molecular flexibility index (Phi) is 9.61. The van der Waals surface area contributed by atoms with Crippen LogP contribution < -0.4 is 15.5 Å². The van der Waals surface area contributed by atoms with Gasteiger partial charge in [-0.15, -0.1) is 24.0 Å². The van der Waals surface area contributed by atoms with Crippen LogP contribution in [0.2, 0.25) is 0 Å². The predicted molar refractivity (Wildman–Crippen MR) is 131 cm³/mol. The molecule has 2 N–H and O–H groups in total. The first-order valence-corrected chi connectivity index (χ1v) is 10.1. The molecular weight excluding hydrogens is 459 g/mol. The molecule has 2 aromatic carbocycles. The molecule has 0 saturated carbocycles. The molecule has 5 heteroatoms. The highest BCUT2D eigenvalue weighted by atomic mass is 127. The van der Waals surface area contributed by atoms with Crippen molar-refractivity contribution in [3.8, 4) is 0 Å². The van der Waals surface area contributed by atoms with Gasteiger partial charge in [0.15, 0.2) is 5.96 Å². The van der Waals surface area contributed by atoms with Crippen LogP contribution in [0.15, 0.2) is 65.7 Å². The van der Waals surface area contributed by atoms with Crippen molar-refractivity contribution in [2.45, 2.75) is 32.2 Å². The van der Waals surface area contributed by atoms with E-state index in [1.807, 2.05) is 7.05 Å². The molecule has 2 aromatic rings. The summed E-state index contributed by atoms with van der Waals surface area (Å²) < 4.78 is 0. The molecule has 1 saturated heterocycles. The van der Waals surface area contributed by atoms with Crippen LogP contribution in [0, 0.1) is 5.92 Å². The van der Waals surface area contributed by atoms with Gasteiger partial charge in [0, 0.05) is 38.4 Å². The molecule has 1 aliphatic heterocycles. The Balaban J connectivity index is 0.00000280. The van der Waals surface area contributed by atoms with E-state index in [1.165, 1.54) is 17.7 Å². The monoisotopic (exact) mass is 492 g/mol. The van der Waals surface area contributed by atoms with Crippen molar-refractivity contribution in [1.29, 1.82) is 0 Å². The standard InChI is InChI=1S/C23H32N4.HI/c1-19(13-14-20-9-5-3-6-10-20)26-23(24-2)25-17-21-15-16-27(18-21)22-11-7-4-8-12-22;/h3-12,19,21H,13-18H2,1-2H3,(H2,24,25,26);1H. The highest BCUT2D eigenvalue weighted by Crippen LogP contribution is 2.22. The fourth-order valence-corrected chi connectivity index (χ4v) is 3.64. The number of halogens is 1. The van der Waals surface area contributed by atoms with E-state index in [4.69, 9.17) is 0 Å². The number of nitrogens with zero attached hydrogens (tertiary/aromatic N) is 2. The molecule has 0 radical (unpaired) electrons. The Labute approximate surface area is 186 Å². The lowest BCUT2D eigenvalue weighted by Crippen LogP contribution is -2.44. The lowest BCUT2D eigenvalue weighted by Gasteiger charge is -2.21. The number of guanidine groups is 1. The van der Waals surface area contributed by atoms with Gasteiger partial charge in [-0.25, -0.2) is 0 Å². The number of anilines is 1. The Morgan fingerprint density at radius 2 is 1.79 bits per heavy atom. The third-order valence-electron chi connectivity index (χ3n) is 5.28. The summed E-state index contributed by atoms with van der Waals surface area (Å²) in [4.78, 5) is 6.88. The van der Waals surface area contributed by atoms with Crippen molar-refractivity contribution >= 4 is 35.6 Å². The molecule has 28 heavy (non-hydrogen) atoms. The van der Waals surface area contributed by atoms with Crippen LogP contribution in [0.3, 0.4) is 0 Å². The van der Waals surface area contributed by atoms with Crippen molar-refractivity contribution in [1.82, 2.24) is 10.6 Å². The molecule has 0 aromatic heterocycles. The summed E-state index contributed by atoms with van der Waals surface area (Å²) in [6.45, 7) is 5.43. The van der Waals surface area contributed by atoms with E-state index in [-0.39, 0.29) is 24.0 Å². The zero-order chi connectivity index (χ0) is 18.9. The number of hydrogen-bond acceptors (Lipinski definition) is 2. The summed E-state index contributed by atoms with van der Waals surface area (Å²) in [5, 5.41) is 7.05. The van der Waals surface area contributed by atoms with Gasteiger partial charge >= 0.3 is 0 Å². The second kappa shape index (κ2) is 11.9. The maximum absolute atomic E-state index is 4.40. The van der Waals surface area contributed by atoms with Crippen LogP contribution in [0.25, 0.3) is 0 Å². The van der Waals surface area contributed by atoms with E-state index >= 15 is 0 Å². The summed E-state index contributed by atoms with van der Waals surface area (Å²) in [5.74, 6) is 1.57. The summed E-state index contributed by atoms with van der Waals surface area (Å²) >= 11 is 0. The Morgan fingerprint density at radius 3 is 2.46 bits per heavy atom. The van der Waals surface area contributed by atoms with Gasteiger partial charge in [0.25, 0.3) is 0 Å². The van der Waals surface area contributed by atoms with Gasteiger partial charge < -0.3 is 15.5 Å². The van der Waals surface area contributed by atoms with Crippen molar-refractivity contribution in [2.75, 3.05) is 31.6 Å². The number of rotatable bonds is 7. The first kappa shape index (κ1) is 22.5. The smallest absolute Gasteiger partial charge is 0.191 e. The van der Waals surface area contributed by atoms with Gasteiger partial charge in [-0.05, 0) is 49.8 Å². The third-order valence-corrected chi connectivity index (χ3v) is 5.28. The number of aryl methyl sites for hydroxylation is 1. The summed E-state index contributed by atoms with van der Waals surface area (Å²) in [6, 6.07) is 21.8. The minimum Gasteiger partial charge on any atom is -0.371 e. The van der Waals surface area contributed by atoms with Crippen LogP contribution in [0.5, 0.6) is 0 Å². The minimum absolute atomic E-state index is 0. The van der Waals surface area contributed by atoms with Gasteiger partial charge in [-0.2, -0.15) is 0 Å². The molecule has 1 aliphatic rings. The summed E-state index contributed by atoms with van der Waals surface area (Å²) in [6.07, 6.45) is 3.40. The number of nitrogens with one attached hydrogen (secondary N) is 2. The normalized spacial score (nSPS) is 17.7. The molecule has 0 bridgehead atoms. The zero-order valence-corrected chi connectivity index (χ0v) is 19.3. The maximum atomic E-state index is 4.40. The highest BCUT2D eigenvalue weighted by Gasteiger charge is 2.22. The molecule has 3 rings (SSSR count). The van der Waals surface area contributed by atoms with Crippen molar-refractivity contribution < 1.29 is 0 Å². The quantitative estimate of drug-likeness (QED) is 0.344. The van der Waals surface area contributed by atoms with Gasteiger partial charge in [0.1, 0.15) is 0 Å². The van der Waals surface area contributed by atoms with Crippen LogP contribution in [-0.4, -0.2) is 38.7 Å². The molecule has 1 fully saturated rings. The van der Waals surface area contributed by atoms with Crippen LogP contribution in [0.4, 0.5) is 5.69 Å². The molecule has 2 unspecified atom stereocenters. The molecule has 2 atom stereocenters. The van der Waals surface area contributed by atoms with E-state index in [0.717, 1.165) is 38.4 Å². The first-order valence-electron chi connectivity index (χ1n) is 10.1. The fourth-order valence-electron chi connectivity index (χ4n) is 3.64. The van der Waals surface area contributed by atoms with Crippen molar-refractivity contribution in [3.63, 3.8) is 0 Å². The predicted octanol–water partition coefficient (Wildman–Crippen LogP) is 4.32. The zero-order valence-electron chi connectivity index (χ0n) is 17.0. The van der Waals surface area contributed by atoms with Gasteiger partial charge in [-0.3, -0.25) is 4.99 Å². The Morgan fingerprint density at radius 1 is 1.11 bits per heavy atom. The van der Waals surface area contributed by atoms with Crippen LogP contribution in [-0.2, 0) is 6.42 Å². The molecular formula is C23H33IN4. The average Bonchev–Trinajstić information content (AvgIpc) is 3.20. The van der Waals surface area contributed by atoms with E-state index in [9.17, 15) is 0 Å². The number of para-hydroxylation sites is 1. The van der Waals surface area contributed by atoms with E-state index in [1.54, 1.807) is 0 Å². The Hall–Kier alpha value is -1.76. The average molecular weight is 492 g/mol. The first-order chi connectivity index (χ1) is 13.2. The molecule has 0 amide bonds.